The topological polar surface area (TPSA) is 124 Å². The molecule has 9 nitrogen and oxygen atoms in total. The number of thiophene rings is 2. The number of benzene rings is 1. The fourth-order valence-corrected chi connectivity index (χ4v) is 12.9. The minimum absolute atomic E-state index is 0.0822. The second kappa shape index (κ2) is 10.8. The highest BCUT2D eigenvalue weighted by Gasteiger charge is 2.53. The van der Waals surface area contributed by atoms with Crippen LogP contribution < -0.4 is 0 Å². The highest BCUT2D eigenvalue weighted by Crippen LogP contribution is 2.51. The fourth-order valence-electron chi connectivity index (χ4n) is 10.6. The van der Waals surface area contributed by atoms with Crippen LogP contribution in [0.1, 0.15) is 77.0 Å². The van der Waals surface area contributed by atoms with E-state index in [2.05, 4.69) is 10.2 Å². The quantitative estimate of drug-likeness (QED) is 0.216. The normalized spacial score (nSPS) is 33.4. The van der Waals surface area contributed by atoms with Gasteiger partial charge in [0.05, 0.1) is 9.40 Å². The maximum Gasteiger partial charge on any atom is 0.188 e. The summed E-state index contributed by atoms with van der Waals surface area (Å²) in [6.45, 7) is 0. The van der Waals surface area contributed by atoms with E-state index in [1.165, 1.54) is 78.8 Å². The summed E-state index contributed by atoms with van der Waals surface area (Å²) in [7, 11) is 1.78. The van der Waals surface area contributed by atoms with Gasteiger partial charge in [0.2, 0.25) is 0 Å². The summed E-state index contributed by atoms with van der Waals surface area (Å²) >= 11 is 2.88. The van der Waals surface area contributed by atoms with Gasteiger partial charge in [-0.05, 0) is 61.5 Å². The molecule has 6 aliphatic rings. The van der Waals surface area contributed by atoms with Crippen molar-refractivity contribution in [2.45, 2.75) is 77.0 Å². The van der Waals surface area contributed by atoms with E-state index >= 15 is 0 Å². The van der Waals surface area contributed by atoms with E-state index in [1.807, 2.05) is 12.1 Å². The fraction of sp³-hybridized carbons (Fsp3) is 0.568. The van der Waals surface area contributed by atoms with Crippen LogP contribution in [0.3, 0.4) is 0 Å². The number of rotatable bonds is 2. The monoisotopic (exact) mass is 679 g/mol. The van der Waals surface area contributed by atoms with Crippen LogP contribution in [0.5, 0.6) is 0 Å². The molecule has 0 radical (unpaired) electrons. The molecule has 3 aromatic heterocycles. The van der Waals surface area contributed by atoms with Crippen LogP contribution >= 0.6 is 22.7 Å². The van der Waals surface area contributed by atoms with Gasteiger partial charge in [0.15, 0.2) is 34.6 Å². The number of nitrogens with zero attached hydrogens (tertiary/aromatic N) is 5. The predicted octanol–water partition coefficient (Wildman–Crippen LogP) is 7.51. The molecule has 48 heavy (non-hydrogen) atoms. The van der Waals surface area contributed by atoms with Gasteiger partial charge in [-0.25, -0.2) is 9.98 Å². The Balaban J connectivity index is 1.03. The number of aliphatic imine (C=N–C) groups is 2. The van der Waals surface area contributed by atoms with Crippen molar-refractivity contribution in [3.8, 4) is 0 Å². The van der Waals surface area contributed by atoms with Crippen molar-refractivity contribution in [3.63, 3.8) is 0 Å². The lowest BCUT2D eigenvalue weighted by molar-refractivity contribution is -0.123. The molecule has 0 bridgehead atoms. The number of ketones is 4. The SMILES string of the molecule is Cn1nc2c3cc(N=C4C(=O)C5CC6CCCCC6CC5C4=O)sc3c3sc(N=C4C(=O)C5CC6CCCCC6CC5C4=O)cc3c2n1. The largest absolute Gasteiger partial charge is 0.292 e. The van der Waals surface area contributed by atoms with Gasteiger partial charge < -0.3 is 0 Å². The molecular formula is C37H37N5O4S2. The zero-order valence-corrected chi connectivity index (χ0v) is 28.6. The Bertz CT molecular complexity index is 1950. The van der Waals surface area contributed by atoms with Gasteiger partial charge in [0.25, 0.3) is 0 Å². The van der Waals surface area contributed by atoms with E-state index in [-0.39, 0.29) is 58.2 Å². The van der Waals surface area contributed by atoms with Gasteiger partial charge >= 0.3 is 0 Å². The summed E-state index contributed by atoms with van der Waals surface area (Å²) in [6.07, 6.45) is 12.8. The standard InChI is InChI=1S/C37H37N5O4S2/c1-42-40-28-24-14-26(38-30-32(43)20-10-16-6-2-3-7-17(16)11-21(20)33(30)44)47-36(24)37-25(29(28)41-42)15-27(48-37)39-31-34(45)22-12-18-8-4-5-9-19(18)13-23(22)35(31)46/h14-23H,2-13H2,1H3. The average molecular weight is 680 g/mol. The molecule has 6 fully saturated rings. The van der Waals surface area contributed by atoms with Gasteiger partial charge in [0, 0.05) is 41.5 Å². The Morgan fingerprint density at radius 3 is 1.25 bits per heavy atom. The predicted molar refractivity (Wildman–Crippen MR) is 187 cm³/mol. The van der Waals surface area contributed by atoms with Gasteiger partial charge in [-0.3, -0.25) is 19.2 Å². The van der Waals surface area contributed by atoms with Crippen LogP contribution in [0.4, 0.5) is 10.0 Å². The summed E-state index contributed by atoms with van der Waals surface area (Å²) in [5.74, 6) is 0.984. The molecule has 6 saturated carbocycles. The molecule has 246 valence electrons. The first-order valence-electron chi connectivity index (χ1n) is 17.9. The number of carbonyl (C=O) groups excluding carboxylic acids is 4. The summed E-state index contributed by atoms with van der Waals surface area (Å²) in [5.41, 5.74) is 1.64. The molecule has 6 aliphatic carbocycles. The lowest BCUT2D eigenvalue weighted by Gasteiger charge is -2.39. The number of hydrogen-bond acceptors (Lipinski definition) is 10. The van der Waals surface area contributed by atoms with Gasteiger partial charge in [-0.2, -0.15) is 15.0 Å². The van der Waals surface area contributed by atoms with E-state index in [1.54, 1.807) is 7.05 Å². The molecule has 4 aromatic rings. The third kappa shape index (κ3) is 4.31. The lowest BCUT2D eigenvalue weighted by Crippen LogP contribution is -2.35. The molecule has 0 aliphatic heterocycles. The van der Waals surface area contributed by atoms with Gasteiger partial charge in [-0.15, -0.1) is 22.7 Å². The van der Waals surface area contributed by atoms with Gasteiger partial charge in [-0.1, -0.05) is 51.4 Å². The summed E-state index contributed by atoms with van der Waals surface area (Å²) in [4.78, 5) is 65.6. The lowest BCUT2D eigenvalue weighted by atomic mass is 9.64. The van der Waals surface area contributed by atoms with Crippen molar-refractivity contribution in [1.29, 1.82) is 0 Å². The molecule has 0 amide bonds. The Morgan fingerprint density at radius 2 is 0.917 bits per heavy atom. The van der Waals surface area contributed by atoms with Crippen molar-refractivity contribution in [2.24, 2.45) is 64.4 Å². The third-order valence-electron chi connectivity index (χ3n) is 12.9. The second-order valence-electron chi connectivity index (χ2n) is 15.4. The van der Waals surface area contributed by atoms with Crippen LogP contribution in [-0.2, 0) is 26.2 Å². The molecule has 0 N–H and O–H groups in total. The van der Waals surface area contributed by atoms with Gasteiger partial charge in [0.1, 0.15) is 21.0 Å². The number of Topliss-reactive ketones (excluding diaryl/α,β-unsaturated/α-hetero) is 4. The molecule has 10 rings (SSSR count). The number of aryl methyl sites for hydroxylation is 1. The number of carbonyl (C=O) groups is 4. The average Bonchev–Trinajstić information content (AvgIpc) is 3.89. The highest BCUT2D eigenvalue weighted by atomic mass is 32.1. The molecule has 0 saturated heterocycles. The summed E-state index contributed by atoms with van der Waals surface area (Å²) in [5, 5.41) is 12.3. The molecule has 0 spiro atoms. The van der Waals surface area contributed by atoms with Crippen LogP contribution in [0, 0.1) is 47.3 Å². The maximum atomic E-state index is 13.6. The number of aromatic nitrogens is 3. The first kappa shape index (κ1) is 29.5. The molecule has 8 unspecified atom stereocenters. The van der Waals surface area contributed by atoms with Crippen LogP contribution in [0.15, 0.2) is 22.1 Å². The summed E-state index contributed by atoms with van der Waals surface area (Å²) < 4.78 is 1.86. The zero-order chi connectivity index (χ0) is 32.4. The van der Waals surface area contributed by atoms with E-state index < -0.39 is 0 Å². The minimum atomic E-state index is -0.226. The van der Waals surface area contributed by atoms with Crippen molar-refractivity contribution in [2.75, 3.05) is 0 Å². The molecular weight excluding hydrogens is 643 g/mol. The Hall–Kier alpha value is -3.44. The van der Waals surface area contributed by atoms with E-state index in [4.69, 9.17) is 9.98 Å². The maximum absolute atomic E-state index is 13.6. The first-order chi connectivity index (χ1) is 23.3. The van der Waals surface area contributed by atoms with E-state index in [0.29, 0.717) is 44.7 Å². The van der Waals surface area contributed by atoms with Crippen molar-refractivity contribution < 1.29 is 19.2 Å². The third-order valence-corrected chi connectivity index (χ3v) is 15.1. The van der Waals surface area contributed by atoms with Crippen molar-refractivity contribution in [3.05, 3.63) is 12.1 Å². The van der Waals surface area contributed by atoms with Crippen LogP contribution in [0.2, 0.25) is 0 Å². The van der Waals surface area contributed by atoms with E-state index in [9.17, 15) is 19.2 Å². The molecule has 3 heterocycles. The smallest absolute Gasteiger partial charge is 0.188 e. The molecule has 11 heteroatoms. The summed E-state index contributed by atoms with van der Waals surface area (Å²) in [6, 6.07) is 3.84. The Labute approximate surface area is 285 Å². The Kier molecular flexibility index (Phi) is 6.62. The minimum Gasteiger partial charge on any atom is -0.292 e. The van der Waals surface area contributed by atoms with E-state index in [0.717, 1.165) is 45.9 Å². The van der Waals surface area contributed by atoms with Crippen LogP contribution in [-0.4, -0.2) is 49.6 Å². The van der Waals surface area contributed by atoms with Crippen molar-refractivity contribution >= 4 is 98.4 Å². The molecule has 8 atom stereocenters. The van der Waals surface area contributed by atoms with Crippen molar-refractivity contribution in [1.82, 2.24) is 15.0 Å². The molecule has 1 aromatic carbocycles. The van der Waals surface area contributed by atoms with Crippen LogP contribution in [0.25, 0.3) is 31.2 Å². The first-order valence-corrected chi connectivity index (χ1v) is 19.5. The number of hydrogen-bond donors (Lipinski definition) is 0. The highest BCUT2D eigenvalue weighted by molar-refractivity contribution is 7.30. The number of fused-ring (bicyclic) bond motifs is 10. The zero-order valence-electron chi connectivity index (χ0n) is 26.9. The Morgan fingerprint density at radius 1 is 0.583 bits per heavy atom. The second-order valence-corrected chi connectivity index (χ2v) is 17.5.